The van der Waals surface area contributed by atoms with Gasteiger partial charge in [-0.15, -0.1) is 0 Å². The van der Waals surface area contributed by atoms with Crippen molar-refractivity contribution in [3.63, 3.8) is 0 Å². The molecule has 2 nitrogen and oxygen atoms in total. The average Bonchev–Trinajstić information content (AvgIpc) is 2.23. The van der Waals surface area contributed by atoms with Crippen LogP contribution < -0.4 is 0 Å². The van der Waals surface area contributed by atoms with Crippen LogP contribution in [0.1, 0.15) is 47.0 Å². The third-order valence-corrected chi connectivity index (χ3v) is 8.85. The summed E-state index contributed by atoms with van der Waals surface area (Å²) in [4.78, 5) is 0. The van der Waals surface area contributed by atoms with Crippen molar-refractivity contribution in [2.75, 3.05) is 18.5 Å². The molecule has 1 unspecified atom stereocenters. The molecule has 0 aromatic heterocycles. The van der Waals surface area contributed by atoms with Gasteiger partial charge in [-0.2, -0.15) is 0 Å². The van der Waals surface area contributed by atoms with E-state index >= 15 is 0 Å². The van der Waals surface area contributed by atoms with Gasteiger partial charge in [0.1, 0.15) is 0 Å². The maximum Gasteiger partial charge on any atom is 0.192 e. The Kier molecular flexibility index (Phi) is 9.02. The van der Waals surface area contributed by atoms with Gasteiger partial charge in [-0.25, -0.2) is 0 Å². The summed E-state index contributed by atoms with van der Waals surface area (Å²) < 4.78 is 11.9. The minimum atomic E-state index is -1.59. The predicted octanol–water partition coefficient (Wildman–Crippen LogP) is 4.98. The van der Waals surface area contributed by atoms with Gasteiger partial charge in [-0.05, 0) is 37.9 Å². The normalized spacial score (nSPS) is 14.8. The first-order chi connectivity index (χ1) is 8.20. The molecule has 0 aromatic carbocycles. The van der Waals surface area contributed by atoms with E-state index < -0.39 is 8.32 Å². The van der Waals surface area contributed by atoms with Crippen LogP contribution in [0.3, 0.4) is 0 Å². The molecule has 0 radical (unpaired) electrons. The van der Waals surface area contributed by atoms with E-state index in [1.807, 2.05) is 0 Å². The van der Waals surface area contributed by atoms with Crippen LogP contribution in [-0.2, 0) is 9.16 Å². The number of alkyl halides is 1. The van der Waals surface area contributed by atoms with Gasteiger partial charge in [0.2, 0.25) is 0 Å². The molecule has 0 aromatic rings. The monoisotopic (exact) mass is 338 g/mol. The van der Waals surface area contributed by atoms with Crippen LogP contribution >= 0.6 is 15.9 Å². The summed E-state index contributed by atoms with van der Waals surface area (Å²) in [7, 11) is -1.59. The lowest BCUT2D eigenvalue weighted by atomic mass is 10.2. The Bertz CT molecular complexity index is 214. The molecule has 0 aliphatic carbocycles. The number of hydrogen-bond donors (Lipinski definition) is 0. The fraction of sp³-hybridized carbons (Fsp3) is 1.00. The van der Waals surface area contributed by atoms with Crippen molar-refractivity contribution in [3.05, 3.63) is 0 Å². The molecule has 0 bridgehead atoms. The van der Waals surface area contributed by atoms with Crippen LogP contribution in [0, 0.1) is 0 Å². The fourth-order valence-electron chi connectivity index (χ4n) is 1.37. The van der Waals surface area contributed by atoms with Crippen LogP contribution in [-0.4, -0.2) is 33.0 Å². The third kappa shape index (κ3) is 7.92. The largest absolute Gasteiger partial charge is 0.414 e. The minimum absolute atomic E-state index is 0.286. The summed E-state index contributed by atoms with van der Waals surface area (Å²) in [5, 5.41) is 1.38. The lowest BCUT2D eigenvalue weighted by molar-refractivity contribution is 0.0361. The Morgan fingerprint density at radius 2 is 1.72 bits per heavy atom. The highest BCUT2D eigenvalue weighted by atomic mass is 79.9. The number of unbranched alkanes of at least 4 members (excludes halogenated alkanes) is 1. The quantitative estimate of drug-likeness (QED) is 0.335. The van der Waals surface area contributed by atoms with Crippen molar-refractivity contribution in [3.8, 4) is 0 Å². The lowest BCUT2D eigenvalue weighted by Crippen LogP contribution is -2.41. The van der Waals surface area contributed by atoms with Crippen molar-refractivity contribution in [1.29, 1.82) is 0 Å². The van der Waals surface area contributed by atoms with E-state index in [1.165, 1.54) is 12.8 Å². The van der Waals surface area contributed by atoms with Crippen LogP contribution in [0.25, 0.3) is 0 Å². The Labute approximate surface area is 123 Å². The third-order valence-electron chi connectivity index (χ3n) is 3.75. The molecule has 0 heterocycles. The molecule has 18 heavy (non-hydrogen) atoms. The Morgan fingerprint density at radius 3 is 2.22 bits per heavy atom. The summed E-state index contributed by atoms with van der Waals surface area (Å²) in [6, 6.07) is 0. The zero-order valence-corrected chi connectivity index (χ0v) is 15.6. The maximum atomic E-state index is 6.08. The van der Waals surface area contributed by atoms with E-state index in [4.69, 9.17) is 9.16 Å². The first-order valence-electron chi connectivity index (χ1n) is 7.02. The molecule has 110 valence electrons. The lowest BCUT2D eigenvalue weighted by Gasteiger charge is -2.36. The number of ether oxygens (including phenoxy) is 1. The average molecular weight is 339 g/mol. The van der Waals surface area contributed by atoms with Gasteiger partial charge in [0.25, 0.3) is 0 Å². The van der Waals surface area contributed by atoms with Crippen LogP contribution in [0.15, 0.2) is 0 Å². The number of hydrogen-bond acceptors (Lipinski definition) is 2. The van der Waals surface area contributed by atoms with Crippen molar-refractivity contribution >= 4 is 24.2 Å². The molecule has 0 rings (SSSR count). The Hall–Kier alpha value is 0.617. The predicted molar refractivity (Wildman–Crippen MR) is 86.2 cm³/mol. The zero-order chi connectivity index (χ0) is 14.2. The number of rotatable bonds is 9. The molecule has 0 saturated heterocycles. The van der Waals surface area contributed by atoms with Crippen molar-refractivity contribution in [2.45, 2.75) is 71.2 Å². The van der Waals surface area contributed by atoms with E-state index in [1.54, 1.807) is 0 Å². The van der Waals surface area contributed by atoms with Crippen molar-refractivity contribution in [1.82, 2.24) is 0 Å². The van der Waals surface area contributed by atoms with Crippen molar-refractivity contribution in [2.24, 2.45) is 0 Å². The van der Waals surface area contributed by atoms with Gasteiger partial charge < -0.3 is 9.16 Å². The summed E-state index contributed by atoms with van der Waals surface area (Å²) in [6.45, 7) is 15.0. The standard InChI is InChI=1S/C14H31BrO2Si/c1-13(9-7-8-10-15)16-11-12-17-18(5,6)14(2,3)4/h13H,7-12H2,1-6H3. The summed E-state index contributed by atoms with van der Waals surface area (Å²) in [6.07, 6.45) is 3.96. The van der Waals surface area contributed by atoms with Gasteiger partial charge >= 0.3 is 0 Å². The Balaban J connectivity index is 3.67. The maximum absolute atomic E-state index is 6.08. The second-order valence-electron chi connectivity index (χ2n) is 6.47. The minimum Gasteiger partial charge on any atom is -0.414 e. The summed E-state index contributed by atoms with van der Waals surface area (Å²) >= 11 is 3.45. The van der Waals surface area contributed by atoms with Crippen LogP contribution in [0.4, 0.5) is 0 Å². The van der Waals surface area contributed by atoms with Crippen molar-refractivity contribution < 1.29 is 9.16 Å². The van der Waals surface area contributed by atoms with E-state index in [0.29, 0.717) is 6.10 Å². The fourth-order valence-corrected chi connectivity index (χ4v) is 2.80. The molecular weight excluding hydrogens is 308 g/mol. The highest BCUT2D eigenvalue weighted by Crippen LogP contribution is 2.36. The van der Waals surface area contributed by atoms with E-state index in [0.717, 1.165) is 25.0 Å². The number of halogens is 1. The van der Waals surface area contributed by atoms with Gasteiger partial charge in [0, 0.05) is 5.33 Å². The highest BCUT2D eigenvalue weighted by molar-refractivity contribution is 9.09. The molecule has 0 N–H and O–H groups in total. The molecule has 1 atom stereocenters. The molecule has 0 amide bonds. The van der Waals surface area contributed by atoms with Crippen LogP contribution in [0.2, 0.25) is 18.1 Å². The van der Waals surface area contributed by atoms with Crippen LogP contribution in [0.5, 0.6) is 0 Å². The molecule has 0 spiro atoms. The first kappa shape index (κ1) is 18.6. The topological polar surface area (TPSA) is 18.5 Å². The molecular formula is C14H31BrO2Si. The molecule has 4 heteroatoms. The molecule has 0 fully saturated rings. The molecule has 0 saturated carbocycles. The molecule has 0 aliphatic heterocycles. The second kappa shape index (κ2) is 8.72. The zero-order valence-electron chi connectivity index (χ0n) is 13.0. The van der Waals surface area contributed by atoms with E-state index in [-0.39, 0.29) is 5.04 Å². The molecule has 0 aliphatic rings. The van der Waals surface area contributed by atoms with E-state index in [2.05, 4.69) is 56.7 Å². The smallest absolute Gasteiger partial charge is 0.192 e. The Morgan fingerprint density at radius 1 is 1.11 bits per heavy atom. The van der Waals surface area contributed by atoms with E-state index in [9.17, 15) is 0 Å². The van der Waals surface area contributed by atoms with Gasteiger partial charge in [-0.1, -0.05) is 43.1 Å². The van der Waals surface area contributed by atoms with Gasteiger partial charge in [0.15, 0.2) is 8.32 Å². The van der Waals surface area contributed by atoms with Gasteiger partial charge in [-0.3, -0.25) is 0 Å². The summed E-state index contributed by atoms with van der Waals surface area (Å²) in [5.41, 5.74) is 0. The van der Waals surface area contributed by atoms with Gasteiger partial charge in [0.05, 0.1) is 19.3 Å². The first-order valence-corrected chi connectivity index (χ1v) is 11.0. The highest BCUT2D eigenvalue weighted by Gasteiger charge is 2.36. The SMILES string of the molecule is CC(CCCCBr)OCCO[Si](C)(C)C(C)(C)C. The second-order valence-corrected chi connectivity index (χ2v) is 12.1. The summed E-state index contributed by atoms with van der Waals surface area (Å²) in [5.74, 6) is 0.